The van der Waals surface area contributed by atoms with Gasteiger partial charge in [-0.2, -0.15) is 17.6 Å². The molecular formula is C26H24F6O5S. The molecule has 3 aromatic rings. The van der Waals surface area contributed by atoms with Crippen molar-refractivity contribution in [3.05, 3.63) is 66.7 Å². The highest BCUT2D eigenvalue weighted by molar-refractivity contribution is 7.22. The first-order valence-corrected chi connectivity index (χ1v) is 12.2. The van der Waals surface area contributed by atoms with Gasteiger partial charge in [0.15, 0.2) is 0 Å². The Bertz CT molecular complexity index is 1240. The van der Waals surface area contributed by atoms with Gasteiger partial charge in [-0.1, -0.05) is 37.8 Å². The summed E-state index contributed by atoms with van der Waals surface area (Å²) in [6.07, 6.45) is -15.8. The number of fused-ring (bicyclic) bond motifs is 1. The molecule has 0 aliphatic carbocycles. The molecule has 3 rings (SSSR count). The van der Waals surface area contributed by atoms with Crippen LogP contribution >= 0.6 is 11.3 Å². The van der Waals surface area contributed by atoms with Crippen molar-refractivity contribution >= 4 is 27.4 Å². The van der Waals surface area contributed by atoms with Crippen molar-refractivity contribution in [1.82, 2.24) is 0 Å². The Balaban J connectivity index is 1.53. The lowest BCUT2D eigenvalue weighted by Crippen LogP contribution is -2.41. The number of thiophene rings is 1. The fraction of sp³-hybridized carbons (Fsp3) is 0.346. The van der Waals surface area contributed by atoms with Crippen molar-refractivity contribution < 1.29 is 50.1 Å². The minimum atomic E-state index is -5.34. The number of carbonyl (C=O) groups is 1. The molecule has 0 bridgehead atoms. The van der Waals surface area contributed by atoms with Crippen LogP contribution in [0.2, 0.25) is 0 Å². The van der Waals surface area contributed by atoms with Crippen LogP contribution in [0.25, 0.3) is 20.5 Å². The van der Waals surface area contributed by atoms with Gasteiger partial charge in [0.1, 0.15) is 5.75 Å². The van der Waals surface area contributed by atoms with Crippen LogP contribution in [0.15, 0.2) is 61.2 Å². The van der Waals surface area contributed by atoms with Crippen LogP contribution < -0.4 is 4.74 Å². The zero-order valence-corrected chi connectivity index (χ0v) is 21.0. The maximum absolute atomic E-state index is 13.9. The Hall–Kier alpha value is -3.09. The van der Waals surface area contributed by atoms with Crippen LogP contribution in [-0.2, 0) is 25.4 Å². The number of halogens is 6. The Labute approximate surface area is 218 Å². The molecule has 1 heterocycles. The van der Waals surface area contributed by atoms with Crippen molar-refractivity contribution in [3.8, 4) is 16.2 Å². The van der Waals surface area contributed by atoms with Crippen molar-refractivity contribution in [2.45, 2.75) is 44.7 Å². The van der Waals surface area contributed by atoms with Crippen molar-refractivity contribution in [3.63, 3.8) is 0 Å². The van der Waals surface area contributed by atoms with E-state index in [1.807, 2.05) is 30.3 Å². The van der Waals surface area contributed by atoms with E-state index in [2.05, 4.69) is 27.7 Å². The normalized spacial score (nSPS) is 12.5. The summed E-state index contributed by atoms with van der Waals surface area (Å²) in [4.78, 5) is 11.8. The number of hydrogen-bond donors (Lipinski definition) is 0. The highest BCUT2D eigenvalue weighted by atomic mass is 32.1. The van der Waals surface area contributed by atoms with Crippen molar-refractivity contribution in [2.24, 2.45) is 0 Å². The minimum absolute atomic E-state index is 0.214. The molecule has 2 aromatic carbocycles. The summed E-state index contributed by atoms with van der Waals surface area (Å²) in [6, 6.07) is 15.0. The van der Waals surface area contributed by atoms with E-state index in [4.69, 9.17) is 4.74 Å². The number of alkyl halides is 6. The molecule has 0 atom stereocenters. The third-order valence-electron chi connectivity index (χ3n) is 5.14. The molecule has 12 heteroatoms. The largest absolute Gasteiger partial charge is 0.494 e. The maximum atomic E-state index is 13.9. The molecule has 0 unspecified atom stereocenters. The zero-order chi connectivity index (χ0) is 28.0. The average molecular weight is 563 g/mol. The smallest absolute Gasteiger partial charge is 0.493 e. The van der Waals surface area contributed by atoms with E-state index < -0.39 is 50.5 Å². The number of rotatable bonds is 14. The second kappa shape index (κ2) is 12.2. The molecular weight excluding hydrogens is 538 g/mol. The lowest BCUT2D eigenvalue weighted by molar-refractivity contribution is -0.514. The van der Waals surface area contributed by atoms with Crippen LogP contribution in [-0.4, -0.2) is 37.7 Å². The van der Waals surface area contributed by atoms with E-state index in [0.717, 1.165) is 26.9 Å². The lowest BCUT2D eigenvalue weighted by atomic mass is 10.1. The molecule has 0 aliphatic heterocycles. The van der Waals surface area contributed by atoms with Gasteiger partial charge in [0.25, 0.3) is 0 Å². The molecule has 0 aliphatic rings. The molecule has 0 amide bonds. The maximum Gasteiger partial charge on any atom is 0.494 e. The van der Waals surface area contributed by atoms with Gasteiger partial charge in [-0.05, 0) is 47.2 Å². The molecule has 0 spiro atoms. The second-order valence-corrected chi connectivity index (χ2v) is 9.11. The molecule has 1 aromatic heterocycles. The van der Waals surface area contributed by atoms with E-state index in [-0.39, 0.29) is 5.75 Å². The van der Waals surface area contributed by atoms with E-state index in [1.165, 1.54) is 23.0 Å². The van der Waals surface area contributed by atoms with Gasteiger partial charge in [0, 0.05) is 15.7 Å². The van der Waals surface area contributed by atoms with Gasteiger partial charge in [0.05, 0.1) is 26.1 Å². The van der Waals surface area contributed by atoms with Crippen LogP contribution in [0.4, 0.5) is 26.3 Å². The van der Waals surface area contributed by atoms with Crippen LogP contribution in [0.3, 0.4) is 0 Å². The number of benzene rings is 2. The summed E-state index contributed by atoms with van der Waals surface area (Å²) in [7, 11) is 0. The summed E-state index contributed by atoms with van der Waals surface area (Å²) in [6.45, 7) is 3.32. The Morgan fingerprint density at radius 3 is 2.16 bits per heavy atom. The van der Waals surface area contributed by atoms with Crippen molar-refractivity contribution in [2.75, 3.05) is 13.2 Å². The second-order valence-electron chi connectivity index (χ2n) is 8.02. The monoisotopic (exact) mass is 562 g/mol. The SMILES string of the molecule is C=CC(=O)OCCC(F)(F)OC(F)(F)OC(F)(F)CCOc1ccc2cc(-c3ccc(CC)cc3)sc2c1. The minimum Gasteiger partial charge on any atom is -0.493 e. The van der Waals surface area contributed by atoms with E-state index in [0.29, 0.717) is 6.08 Å². The summed E-state index contributed by atoms with van der Waals surface area (Å²) in [5.74, 6) is -0.859. The first-order chi connectivity index (χ1) is 17.8. The van der Waals surface area contributed by atoms with Gasteiger partial charge in [0.2, 0.25) is 0 Å². The quantitative estimate of drug-likeness (QED) is 0.0869. The molecule has 0 saturated carbocycles. The van der Waals surface area contributed by atoms with Gasteiger partial charge >= 0.3 is 24.5 Å². The molecule has 38 heavy (non-hydrogen) atoms. The van der Waals surface area contributed by atoms with E-state index >= 15 is 0 Å². The fourth-order valence-electron chi connectivity index (χ4n) is 3.24. The van der Waals surface area contributed by atoms with Crippen LogP contribution in [0.1, 0.15) is 25.3 Å². The van der Waals surface area contributed by atoms with Crippen LogP contribution in [0, 0.1) is 0 Å². The molecule has 5 nitrogen and oxygen atoms in total. The lowest BCUT2D eigenvalue weighted by Gasteiger charge is -2.26. The Morgan fingerprint density at radius 1 is 0.921 bits per heavy atom. The molecule has 0 radical (unpaired) electrons. The topological polar surface area (TPSA) is 54.0 Å². The van der Waals surface area contributed by atoms with Gasteiger partial charge in [-0.25, -0.2) is 14.3 Å². The highest BCUT2D eigenvalue weighted by Gasteiger charge is 2.52. The summed E-state index contributed by atoms with van der Waals surface area (Å²) in [5.41, 5.74) is 2.23. The Kier molecular flexibility index (Phi) is 9.45. The van der Waals surface area contributed by atoms with Gasteiger partial charge in [-0.15, -0.1) is 20.1 Å². The number of aryl methyl sites for hydroxylation is 1. The molecule has 0 saturated heterocycles. The number of hydrogen-bond acceptors (Lipinski definition) is 6. The number of esters is 1. The third kappa shape index (κ3) is 8.74. The summed E-state index contributed by atoms with van der Waals surface area (Å²) >= 11 is 1.47. The Morgan fingerprint density at radius 2 is 1.55 bits per heavy atom. The first-order valence-electron chi connectivity index (χ1n) is 11.4. The first kappa shape index (κ1) is 29.5. The summed E-state index contributed by atoms with van der Waals surface area (Å²) < 4.78 is 98.7. The predicted molar refractivity (Wildman–Crippen MR) is 130 cm³/mol. The highest BCUT2D eigenvalue weighted by Crippen LogP contribution is 2.37. The zero-order valence-electron chi connectivity index (χ0n) is 20.2. The van der Waals surface area contributed by atoms with E-state index in [9.17, 15) is 31.1 Å². The standard InChI is InChI=1S/C26H24F6O5S/c1-3-17-5-7-18(8-6-17)21-15-19-9-10-20(16-22(19)38-21)34-13-11-24(27,28)36-26(31,32)37-25(29,30)12-14-35-23(33)4-2/h4-10,15-16H,2-3,11-14H2,1H3. The predicted octanol–water partition coefficient (Wildman–Crippen LogP) is 7.79. The van der Waals surface area contributed by atoms with Gasteiger partial charge in [-0.3, -0.25) is 0 Å². The van der Waals surface area contributed by atoms with Gasteiger partial charge < -0.3 is 9.47 Å². The summed E-state index contributed by atoms with van der Waals surface area (Å²) in [5, 5.41) is 0.905. The van der Waals surface area contributed by atoms with Crippen molar-refractivity contribution in [1.29, 1.82) is 0 Å². The van der Waals surface area contributed by atoms with Crippen LogP contribution in [0.5, 0.6) is 5.75 Å². The molecule has 206 valence electrons. The molecule has 0 fully saturated rings. The number of ether oxygens (including phenoxy) is 4. The number of carbonyl (C=O) groups excluding carboxylic acids is 1. The average Bonchev–Trinajstić information content (AvgIpc) is 3.25. The molecule has 0 N–H and O–H groups in total. The third-order valence-corrected chi connectivity index (χ3v) is 6.29. The fourth-order valence-corrected chi connectivity index (χ4v) is 4.33. The van der Waals surface area contributed by atoms with E-state index in [1.54, 1.807) is 12.1 Å².